The van der Waals surface area contributed by atoms with Gasteiger partial charge in [-0.3, -0.25) is 0 Å². The highest BCUT2D eigenvalue weighted by Crippen LogP contribution is 2.22. The molecule has 0 atom stereocenters. The van der Waals surface area contributed by atoms with Crippen molar-refractivity contribution >= 4 is 5.82 Å². The van der Waals surface area contributed by atoms with E-state index in [9.17, 15) is 0 Å². The topological polar surface area (TPSA) is 39.9 Å². The monoisotopic (exact) mass is 223 g/mol. The van der Waals surface area contributed by atoms with Gasteiger partial charge in [0, 0.05) is 20.3 Å². The zero-order chi connectivity index (χ0) is 12.3. The number of benzene rings is 1. The minimum Gasteiger partial charge on any atom is -0.363 e. The van der Waals surface area contributed by atoms with Gasteiger partial charge >= 0.3 is 0 Å². The van der Waals surface area contributed by atoms with Crippen LogP contribution in [0.25, 0.3) is 11.1 Å². The maximum absolute atomic E-state index is 8.88. The van der Waals surface area contributed by atoms with Gasteiger partial charge in [0.1, 0.15) is 5.82 Å². The van der Waals surface area contributed by atoms with Crippen LogP contribution in [0.3, 0.4) is 0 Å². The summed E-state index contributed by atoms with van der Waals surface area (Å²) in [5.41, 5.74) is 2.78. The van der Waals surface area contributed by atoms with Crippen molar-refractivity contribution in [3.8, 4) is 17.2 Å². The van der Waals surface area contributed by atoms with E-state index >= 15 is 0 Å². The molecule has 0 saturated heterocycles. The Balaban J connectivity index is 2.46. The molecule has 0 amide bonds. The van der Waals surface area contributed by atoms with E-state index in [1.807, 2.05) is 49.3 Å². The van der Waals surface area contributed by atoms with Crippen molar-refractivity contribution in [2.24, 2.45) is 0 Å². The average Bonchev–Trinajstić information content (AvgIpc) is 2.39. The minimum atomic E-state index is 0.672. The second-order valence-electron chi connectivity index (χ2n) is 3.99. The molecule has 2 aromatic rings. The van der Waals surface area contributed by atoms with Crippen LogP contribution in [0, 0.1) is 11.3 Å². The molecular weight excluding hydrogens is 210 g/mol. The number of hydrogen-bond donors (Lipinski definition) is 0. The summed E-state index contributed by atoms with van der Waals surface area (Å²) in [7, 11) is 3.91. The zero-order valence-electron chi connectivity index (χ0n) is 9.88. The molecule has 84 valence electrons. The molecule has 0 bridgehead atoms. The summed E-state index contributed by atoms with van der Waals surface area (Å²) in [5.74, 6) is 0.907. The molecule has 0 aliphatic rings. The van der Waals surface area contributed by atoms with Gasteiger partial charge in [0.25, 0.3) is 0 Å². The summed E-state index contributed by atoms with van der Waals surface area (Å²) in [6.45, 7) is 0. The highest BCUT2D eigenvalue weighted by atomic mass is 15.1. The molecule has 0 aliphatic carbocycles. The predicted octanol–water partition coefficient (Wildman–Crippen LogP) is 2.69. The molecule has 17 heavy (non-hydrogen) atoms. The molecular formula is C14H13N3. The first-order valence-corrected chi connectivity index (χ1v) is 5.34. The second kappa shape index (κ2) is 4.67. The summed E-state index contributed by atoms with van der Waals surface area (Å²) in [5, 5.41) is 8.88. The minimum absolute atomic E-state index is 0.672. The third kappa shape index (κ3) is 2.43. The molecule has 0 fully saturated rings. The van der Waals surface area contributed by atoms with E-state index in [0.29, 0.717) is 5.56 Å². The molecule has 0 aliphatic heterocycles. The fraction of sp³-hybridized carbons (Fsp3) is 0.143. The Morgan fingerprint density at radius 1 is 1.12 bits per heavy atom. The third-order valence-electron chi connectivity index (χ3n) is 2.53. The lowest BCUT2D eigenvalue weighted by Crippen LogP contribution is -2.10. The van der Waals surface area contributed by atoms with E-state index < -0.39 is 0 Å². The fourth-order valence-electron chi connectivity index (χ4n) is 1.61. The van der Waals surface area contributed by atoms with Crippen molar-refractivity contribution < 1.29 is 0 Å². The zero-order valence-corrected chi connectivity index (χ0v) is 9.88. The van der Waals surface area contributed by atoms with Crippen LogP contribution in [-0.2, 0) is 0 Å². The highest BCUT2D eigenvalue weighted by Gasteiger charge is 2.02. The standard InChI is InChI=1S/C14H13N3/c1-17(2)14-9-13(6-7-16-14)12-5-3-4-11(8-12)10-15/h3-9H,1-2H3. The van der Waals surface area contributed by atoms with E-state index in [0.717, 1.165) is 16.9 Å². The normalized spacial score (nSPS) is 9.71. The highest BCUT2D eigenvalue weighted by molar-refractivity contribution is 5.67. The molecule has 0 N–H and O–H groups in total. The van der Waals surface area contributed by atoms with E-state index in [1.165, 1.54) is 0 Å². The lowest BCUT2D eigenvalue weighted by atomic mass is 10.0. The van der Waals surface area contributed by atoms with Gasteiger partial charge in [0.05, 0.1) is 11.6 Å². The van der Waals surface area contributed by atoms with Crippen molar-refractivity contribution in [2.75, 3.05) is 19.0 Å². The second-order valence-corrected chi connectivity index (χ2v) is 3.99. The van der Waals surface area contributed by atoms with Gasteiger partial charge in [-0.15, -0.1) is 0 Å². The Labute approximate surface area is 101 Å². The first-order valence-electron chi connectivity index (χ1n) is 5.34. The summed E-state index contributed by atoms with van der Waals surface area (Å²) in [6.07, 6.45) is 1.78. The van der Waals surface area contributed by atoms with Gasteiger partial charge in [-0.05, 0) is 35.4 Å². The first kappa shape index (κ1) is 11.2. The van der Waals surface area contributed by atoms with Crippen molar-refractivity contribution in [3.05, 3.63) is 48.2 Å². The van der Waals surface area contributed by atoms with Crippen molar-refractivity contribution in [1.29, 1.82) is 5.26 Å². The number of nitrogens with zero attached hydrogens (tertiary/aromatic N) is 3. The van der Waals surface area contributed by atoms with Crippen LogP contribution in [0.5, 0.6) is 0 Å². The van der Waals surface area contributed by atoms with E-state index in [4.69, 9.17) is 5.26 Å². The van der Waals surface area contributed by atoms with Crippen LogP contribution < -0.4 is 4.90 Å². The number of hydrogen-bond acceptors (Lipinski definition) is 3. The number of anilines is 1. The van der Waals surface area contributed by atoms with Gasteiger partial charge in [0.15, 0.2) is 0 Å². The first-order chi connectivity index (χ1) is 8.20. The number of rotatable bonds is 2. The van der Waals surface area contributed by atoms with Crippen molar-refractivity contribution in [3.63, 3.8) is 0 Å². The molecule has 0 radical (unpaired) electrons. The third-order valence-corrected chi connectivity index (χ3v) is 2.53. The van der Waals surface area contributed by atoms with Gasteiger partial charge < -0.3 is 4.90 Å². The van der Waals surface area contributed by atoms with Crippen LogP contribution in [0.15, 0.2) is 42.6 Å². The van der Waals surface area contributed by atoms with Crippen LogP contribution in [0.1, 0.15) is 5.56 Å². The van der Waals surface area contributed by atoms with E-state index in [-0.39, 0.29) is 0 Å². The summed E-state index contributed by atoms with van der Waals surface area (Å²) in [6, 6.07) is 13.7. The van der Waals surface area contributed by atoms with E-state index in [2.05, 4.69) is 11.1 Å². The molecule has 3 nitrogen and oxygen atoms in total. The largest absolute Gasteiger partial charge is 0.363 e. The van der Waals surface area contributed by atoms with Gasteiger partial charge in [-0.2, -0.15) is 5.26 Å². The summed E-state index contributed by atoms with van der Waals surface area (Å²) >= 11 is 0. The Morgan fingerprint density at radius 2 is 1.88 bits per heavy atom. The van der Waals surface area contributed by atoms with Crippen molar-refractivity contribution in [1.82, 2.24) is 4.98 Å². The van der Waals surface area contributed by atoms with Gasteiger partial charge in [0.2, 0.25) is 0 Å². The SMILES string of the molecule is CN(C)c1cc(-c2cccc(C#N)c2)ccn1. The Kier molecular flexibility index (Phi) is 3.06. The molecule has 1 heterocycles. The molecule has 0 saturated carbocycles. The lowest BCUT2D eigenvalue weighted by molar-refractivity contribution is 1.07. The average molecular weight is 223 g/mol. The number of nitriles is 1. The maximum atomic E-state index is 8.88. The van der Waals surface area contributed by atoms with Crippen LogP contribution in [-0.4, -0.2) is 19.1 Å². The van der Waals surface area contributed by atoms with Gasteiger partial charge in [-0.1, -0.05) is 12.1 Å². The molecule has 0 spiro atoms. The smallest absolute Gasteiger partial charge is 0.128 e. The molecule has 1 aromatic heterocycles. The predicted molar refractivity (Wildman–Crippen MR) is 68.7 cm³/mol. The van der Waals surface area contributed by atoms with Gasteiger partial charge in [-0.25, -0.2) is 4.98 Å². The summed E-state index contributed by atoms with van der Waals surface area (Å²) in [4.78, 5) is 6.22. The number of aromatic nitrogens is 1. The van der Waals surface area contributed by atoms with Crippen LogP contribution in [0.2, 0.25) is 0 Å². The number of pyridine rings is 1. The Bertz CT molecular complexity index is 568. The molecule has 3 heteroatoms. The molecule has 0 unspecified atom stereocenters. The maximum Gasteiger partial charge on any atom is 0.128 e. The van der Waals surface area contributed by atoms with Crippen molar-refractivity contribution in [2.45, 2.75) is 0 Å². The van der Waals surface area contributed by atoms with Crippen LogP contribution in [0.4, 0.5) is 5.82 Å². The van der Waals surface area contributed by atoms with E-state index in [1.54, 1.807) is 12.3 Å². The Morgan fingerprint density at radius 3 is 2.59 bits per heavy atom. The lowest BCUT2D eigenvalue weighted by Gasteiger charge is -2.12. The van der Waals surface area contributed by atoms with Crippen LogP contribution >= 0.6 is 0 Å². The molecule has 2 rings (SSSR count). The quantitative estimate of drug-likeness (QED) is 0.785. The summed E-state index contributed by atoms with van der Waals surface area (Å²) < 4.78 is 0. The Hall–Kier alpha value is -2.34. The fourth-order valence-corrected chi connectivity index (χ4v) is 1.61. The molecule has 1 aromatic carbocycles.